The molecule has 0 saturated carbocycles. The van der Waals surface area contributed by atoms with Gasteiger partial charge in [-0.25, -0.2) is 9.37 Å². The first-order chi connectivity index (χ1) is 9.17. The van der Waals surface area contributed by atoms with Gasteiger partial charge in [0.05, 0.1) is 6.54 Å². The summed E-state index contributed by atoms with van der Waals surface area (Å²) in [6, 6.07) is 6.25. The van der Waals surface area contributed by atoms with Crippen molar-refractivity contribution in [3.8, 4) is 23.6 Å². The number of halogens is 1. The van der Waals surface area contributed by atoms with E-state index in [0.29, 0.717) is 23.6 Å². The number of rotatable bonds is 4. The fraction of sp³-hybridized carbons (Fsp3) is 0.267. The molecule has 0 atom stereocenters. The summed E-state index contributed by atoms with van der Waals surface area (Å²) < 4.78 is 15.1. The number of terminal acetylenes is 1. The SMILES string of the molecule is C#CCn1c(CCC)nc(-c2cccc(F)c2)c1N. The fourth-order valence-corrected chi connectivity index (χ4v) is 2.04. The highest BCUT2D eigenvalue weighted by Gasteiger charge is 2.15. The van der Waals surface area contributed by atoms with Crippen LogP contribution in [0.5, 0.6) is 0 Å². The summed E-state index contributed by atoms with van der Waals surface area (Å²) in [6.07, 6.45) is 7.09. The molecule has 98 valence electrons. The molecule has 3 nitrogen and oxygen atoms in total. The highest BCUT2D eigenvalue weighted by Crippen LogP contribution is 2.27. The Morgan fingerprint density at radius 1 is 1.47 bits per heavy atom. The lowest BCUT2D eigenvalue weighted by Crippen LogP contribution is -2.06. The maximum Gasteiger partial charge on any atom is 0.132 e. The number of aryl methyl sites for hydroxylation is 1. The number of imidazole rings is 1. The minimum absolute atomic E-state index is 0.305. The van der Waals surface area contributed by atoms with Crippen molar-refractivity contribution in [2.45, 2.75) is 26.3 Å². The van der Waals surface area contributed by atoms with Gasteiger partial charge in [0.25, 0.3) is 0 Å². The van der Waals surface area contributed by atoms with Gasteiger partial charge in [0.2, 0.25) is 0 Å². The minimum Gasteiger partial charge on any atom is -0.383 e. The highest BCUT2D eigenvalue weighted by atomic mass is 19.1. The summed E-state index contributed by atoms with van der Waals surface area (Å²) in [6.45, 7) is 2.44. The average Bonchev–Trinajstić information content (AvgIpc) is 2.69. The molecule has 0 saturated heterocycles. The normalized spacial score (nSPS) is 10.4. The number of anilines is 1. The van der Waals surface area contributed by atoms with Gasteiger partial charge in [0.1, 0.15) is 23.2 Å². The standard InChI is InChI=1S/C15H16FN3/c1-3-6-13-18-14(15(17)19(13)9-4-2)11-7-5-8-12(16)10-11/h2,5,7-8,10H,3,6,9,17H2,1H3. The number of aromatic nitrogens is 2. The monoisotopic (exact) mass is 257 g/mol. The van der Waals surface area contributed by atoms with Gasteiger partial charge in [-0.1, -0.05) is 25.0 Å². The van der Waals surface area contributed by atoms with Gasteiger partial charge in [-0.3, -0.25) is 0 Å². The van der Waals surface area contributed by atoms with Crippen LogP contribution in [0.4, 0.5) is 10.2 Å². The Kier molecular flexibility index (Phi) is 3.86. The molecule has 0 aliphatic carbocycles. The van der Waals surface area contributed by atoms with Crippen molar-refractivity contribution < 1.29 is 4.39 Å². The molecular weight excluding hydrogens is 241 g/mol. The second-order valence-electron chi connectivity index (χ2n) is 4.31. The summed E-state index contributed by atoms with van der Waals surface area (Å²) in [7, 11) is 0. The van der Waals surface area contributed by atoms with E-state index in [1.54, 1.807) is 12.1 Å². The van der Waals surface area contributed by atoms with Gasteiger partial charge >= 0.3 is 0 Å². The molecular formula is C15H16FN3. The Morgan fingerprint density at radius 3 is 2.89 bits per heavy atom. The molecule has 0 bridgehead atoms. The Balaban J connectivity index is 2.52. The van der Waals surface area contributed by atoms with Gasteiger partial charge in [-0.15, -0.1) is 6.42 Å². The number of hydrogen-bond donors (Lipinski definition) is 1. The molecule has 19 heavy (non-hydrogen) atoms. The third-order valence-corrected chi connectivity index (χ3v) is 2.91. The maximum atomic E-state index is 13.3. The minimum atomic E-state index is -0.305. The molecule has 2 aromatic rings. The molecule has 0 aliphatic rings. The van der Waals surface area contributed by atoms with Crippen LogP contribution in [0.25, 0.3) is 11.3 Å². The quantitative estimate of drug-likeness (QED) is 0.856. The molecule has 0 aliphatic heterocycles. The number of nitrogens with two attached hydrogens (primary N) is 1. The van der Waals surface area contributed by atoms with Crippen LogP contribution < -0.4 is 5.73 Å². The smallest absolute Gasteiger partial charge is 0.132 e. The van der Waals surface area contributed by atoms with Crippen molar-refractivity contribution in [3.05, 3.63) is 35.9 Å². The third-order valence-electron chi connectivity index (χ3n) is 2.91. The Labute approximate surface area is 112 Å². The molecule has 0 unspecified atom stereocenters. The predicted octanol–water partition coefficient (Wildman–Crippen LogP) is 2.86. The predicted molar refractivity (Wildman–Crippen MR) is 74.9 cm³/mol. The molecule has 0 radical (unpaired) electrons. The molecule has 1 aromatic carbocycles. The zero-order valence-corrected chi connectivity index (χ0v) is 10.9. The zero-order valence-electron chi connectivity index (χ0n) is 10.9. The van der Waals surface area contributed by atoms with Crippen molar-refractivity contribution in [2.24, 2.45) is 0 Å². The van der Waals surface area contributed by atoms with Gasteiger partial charge in [-0.05, 0) is 18.6 Å². The number of hydrogen-bond acceptors (Lipinski definition) is 2. The van der Waals surface area contributed by atoms with E-state index in [4.69, 9.17) is 12.2 Å². The molecule has 4 heteroatoms. The van der Waals surface area contributed by atoms with Crippen LogP contribution in [0.15, 0.2) is 24.3 Å². The van der Waals surface area contributed by atoms with Crippen molar-refractivity contribution in [1.82, 2.24) is 9.55 Å². The molecule has 2 N–H and O–H groups in total. The van der Waals surface area contributed by atoms with Crippen molar-refractivity contribution in [2.75, 3.05) is 5.73 Å². The molecule has 1 aromatic heterocycles. The van der Waals surface area contributed by atoms with E-state index in [1.165, 1.54) is 12.1 Å². The molecule has 2 rings (SSSR count). The lowest BCUT2D eigenvalue weighted by atomic mass is 10.1. The van der Waals surface area contributed by atoms with E-state index >= 15 is 0 Å². The molecule has 0 fully saturated rings. The number of nitrogen functional groups attached to an aromatic ring is 1. The van der Waals surface area contributed by atoms with Gasteiger partial charge in [-0.2, -0.15) is 0 Å². The number of nitrogens with zero attached hydrogens (tertiary/aromatic N) is 2. The largest absolute Gasteiger partial charge is 0.383 e. The maximum absolute atomic E-state index is 13.3. The van der Waals surface area contributed by atoms with Gasteiger partial charge in [0.15, 0.2) is 0 Å². The second-order valence-corrected chi connectivity index (χ2v) is 4.31. The number of benzene rings is 1. The van der Waals surface area contributed by atoms with E-state index in [-0.39, 0.29) is 5.82 Å². The Morgan fingerprint density at radius 2 is 2.26 bits per heavy atom. The first-order valence-corrected chi connectivity index (χ1v) is 6.21. The fourth-order valence-electron chi connectivity index (χ4n) is 2.04. The first kappa shape index (κ1) is 13.2. The highest BCUT2D eigenvalue weighted by molar-refractivity contribution is 5.71. The van der Waals surface area contributed by atoms with Gasteiger partial charge < -0.3 is 10.3 Å². The summed E-state index contributed by atoms with van der Waals surface area (Å²) in [5, 5.41) is 0. The van der Waals surface area contributed by atoms with E-state index < -0.39 is 0 Å². The second kappa shape index (κ2) is 5.57. The topological polar surface area (TPSA) is 43.8 Å². The molecule has 1 heterocycles. The zero-order chi connectivity index (χ0) is 13.8. The van der Waals surface area contributed by atoms with E-state index in [0.717, 1.165) is 18.7 Å². The Bertz CT molecular complexity index is 623. The summed E-state index contributed by atoms with van der Waals surface area (Å²) in [5.41, 5.74) is 7.35. The molecule has 0 spiro atoms. The van der Waals surface area contributed by atoms with Crippen LogP contribution in [0.3, 0.4) is 0 Å². The van der Waals surface area contributed by atoms with Crippen molar-refractivity contribution >= 4 is 5.82 Å². The average molecular weight is 257 g/mol. The lowest BCUT2D eigenvalue weighted by molar-refractivity contribution is 0.628. The summed E-state index contributed by atoms with van der Waals surface area (Å²) in [5.74, 6) is 3.60. The van der Waals surface area contributed by atoms with Crippen molar-refractivity contribution in [1.29, 1.82) is 0 Å². The van der Waals surface area contributed by atoms with E-state index in [9.17, 15) is 4.39 Å². The van der Waals surface area contributed by atoms with E-state index in [1.807, 2.05) is 4.57 Å². The van der Waals surface area contributed by atoms with Crippen LogP contribution in [-0.2, 0) is 13.0 Å². The lowest BCUT2D eigenvalue weighted by Gasteiger charge is -2.04. The van der Waals surface area contributed by atoms with Crippen LogP contribution in [0, 0.1) is 18.2 Å². The summed E-state index contributed by atoms with van der Waals surface area (Å²) >= 11 is 0. The van der Waals surface area contributed by atoms with E-state index in [2.05, 4.69) is 17.8 Å². The first-order valence-electron chi connectivity index (χ1n) is 6.21. The van der Waals surface area contributed by atoms with Crippen LogP contribution in [-0.4, -0.2) is 9.55 Å². The van der Waals surface area contributed by atoms with Crippen LogP contribution in [0.1, 0.15) is 19.2 Å². The van der Waals surface area contributed by atoms with Crippen LogP contribution >= 0.6 is 0 Å². The summed E-state index contributed by atoms with van der Waals surface area (Å²) in [4.78, 5) is 4.51. The van der Waals surface area contributed by atoms with Gasteiger partial charge in [0, 0.05) is 12.0 Å². The third kappa shape index (κ3) is 2.60. The molecule has 0 amide bonds. The van der Waals surface area contributed by atoms with Crippen LogP contribution in [0.2, 0.25) is 0 Å². The Hall–Kier alpha value is -2.28. The van der Waals surface area contributed by atoms with Crippen molar-refractivity contribution in [3.63, 3.8) is 0 Å².